The molecule has 134 valence electrons. The largest absolute Gasteiger partial charge is 0.497 e. The summed E-state index contributed by atoms with van der Waals surface area (Å²) < 4.78 is 11.8. The van der Waals surface area contributed by atoms with Crippen molar-refractivity contribution >= 4 is 51.3 Å². The van der Waals surface area contributed by atoms with Crippen LogP contribution >= 0.6 is 22.6 Å². The van der Waals surface area contributed by atoms with Crippen LogP contribution in [0.15, 0.2) is 48.8 Å². The van der Waals surface area contributed by atoms with Gasteiger partial charge in [0.25, 0.3) is 0 Å². The predicted molar refractivity (Wildman–Crippen MR) is 112 cm³/mol. The first kappa shape index (κ1) is 18.1. The normalized spacial score (nSPS) is 10.3. The van der Waals surface area contributed by atoms with Crippen molar-refractivity contribution in [2.24, 2.45) is 0 Å². The summed E-state index contributed by atoms with van der Waals surface area (Å²) in [5, 5.41) is 6.38. The van der Waals surface area contributed by atoms with E-state index in [-0.39, 0.29) is 0 Å². The number of nitrogens with one attached hydrogen (secondary N) is 2. The molecule has 0 radical (unpaired) electrons. The van der Waals surface area contributed by atoms with Gasteiger partial charge in [0.1, 0.15) is 23.5 Å². The van der Waals surface area contributed by atoms with Gasteiger partial charge in [-0.25, -0.2) is 9.97 Å². The number of ether oxygens (including phenoxy) is 2. The molecule has 1 aromatic heterocycles. The molecule has 0 bridgehead atoms. The van der Waals surface area contributed by atoms with Gasteiger partial charge in [-0.15, -0.1) is 0 Å². The Bertz CT molecular complexity index is 903. The van der Waals surface area contributed by atoms with E-state index in [1.165, 1.54) is 6.33 Å². The van der Waals surface area contributed by atoms with Gasteiger partial charge in [-0.3, -0.25) is 0 Å². The summed E-state index contributed by atoms with van der Waals surface area (Å²) in [7, 11) is 3.20. The highest BCUT2D eigenvalue weighted by Gasteiger charge is 2.12. The molecule has 8 heteroatoms. The molecule has 0 fully saturated rings. The maximum atomic E-state index is 6.25. The van der Waals surface area contributed by atoms with Crippen LogP contribution in [0.5, 0.6) is 11.5 Å². The van der Waals surface area contributed by atoms with Gasteiger partial charge in [0.05, 0.1) is 19.9 Å². The Hall–Kier alpha value is -2.75. The van der Waals surface area contributed by atoms with Crippen LogP contribution in [-0.2, 0) is 0 Å². The third kappa shape index (κ3) is 4.07. The first-order valence-corrected chi connectivity index (χ1v) is 8.80. The van der Waals surface area contributed by atoms with E-state index < -0.39 is 0 Å². The van der Waals surface area contributed by atoms with Crippen molar-refractivity contribution in [3.8, 4) is 11.5 Å². The lowest BCUT2D eigenvalue weighted by Crippen LogP contribution is -2.06. The van der Waals surface area contributed by atoms with Crippen LogP contribution in [0.1, 0.15) is 0 Å². The average molecular weight is 463 g/mol. The fourth-order valence-electron chi connectivity index (χ4n) is 2.30. The second-order valence-electron chi connectivity index (χ2n) is 5.31. The fourth-order valence-corrected chi connectivity index (χ4v) is 2.66. The van der Waals surface area contributed by atoms with Crippen molar-refractivity contribution in [1.82, 2.24) is 9.97 Å². The number of nitrogens with zero attached hydrogens (tertiary/aromatic N) is 2. The quantitative estimate of drug-likeness (QED) is 0.473. The lowest BCUT2D eigenvalue weighted by atomic mass is 10.2. The fraction of sp³-hybridized carbons (Fsp3) is 0.111. The highest BCUT2D eigenvalue weighted by atomic mass is 127. The standard InChI is InChI=1S/C18H18IN5O2/c1-25-13-7-8-15(26-2)14(9-13)24-18-16(20)17(21-10-22-18)23-12-5-3-11(19)4-6-12/h3-10H,20H2,1-2H3,(H2,21,22,23,24). The Morgan fingerprint density at radius 3 is 2.27 bits per heavy atom. The second-order valence-corrected chi connectivity index (χ2v) is 6.55. The number of halogens is 1. The van der Waals surface area contributed by atoms with Gasteiger partial charge in [0, 0.05) is 15.3 Å². The summed E-state index contributed by atoms with van der Waals surface area (Å²) in [6.45, 7) is 0. The number of hydrogen-bond donors (Lipinski definition) is 3. The molecule has 0 aliphatic carbocycles. The number of aromatic nitrogens is 2. The van der Waals surface area contributed by atoms with Gasteiger partial charge in [-0.2, -0.15) is 0 Å². The Labute approximate surface area is 165 Å². The Morgan fingerprint density at radius 2 is 1.62 bits per heavy atom. The van der Waals surface area contributed by atoms with E-state index in [0.29, 0.717) is 34.5 Å². The number of nitrogens with two attached hydrogens (primary N) is 1. The van der Waals surface area contributed by atoms with Gasteiger partial charge < -0.3 is 25.8 Å². The van der Waals surface area contributed by atoms with E-state index in [2.05, 4.69) is 43.2 Å². The minimum absolute atomic E-state index is 0.399. The Balaban J connectivity index is 1.89. The molecule has 1 heterocycles. The molecule has 0 spiro atoms. The van der Waals surface area contributed by atoms with Gasteiger partial charge in [-0.1, -0.05) is 0 Å². The van der Waals surface area contributed by atoms with Gasteiger partial charge in [0.15, 0.2) is 11.6 Å². The number of anilines is 5. The highest BCUT2D eigenvalue weighted by molar-refractivity contribution is 14.1. The van der Waals surface area contributed by atoms with E-state index >= 15 is 0 Å². The van der Waals surface area contributed by atoms with Gasteiger partial charge >= 0.3 is 0 Å². The van der Waals surface area contributed by atoms with Crippen molar-refractivity contribution in [2.45, 2.75) is 0 Å². The van der Waals surface area contributed by atoms with E-state index in [1.807, 2.05) is 42.5 Å². The van der Waals surface area contributed by atoms with Crippen molar-refractivity contribution in [1.29, 1.82) is 0 Å². The number of benzene rings is 2. The number of hydrogen-bond acceptors (Lipinski definition) is 7. The maximum Gasteiger partial charge on any atom is 0.159 e. The second kappa shape index (κ2) is 8.09. The summed E-state index contributed by atoms with van der Waals surface area (Å²) in [6.07, 6.45) is 1.44. The third-order valence-electron chi connectivity index (χ3n) is 3.65. The molecular formula is C18H18IN5O2. The van der Waals surface area contributed by atoms with Crippen LogP contribution in [0.25, 0.3) is 0 Å². The molecule has 0 saturated carbocycles. The van der Waals surface area contributed by atoms with Crippen LogP contribution in [0, 0.1) is 3.57 Å². The van der Waals surface area contributed by atoms with Gasteiger partial charge in [-0.05, 0) is 59.0 Å². The smallest absolute Gasteiger partial charge is 0.159 e. The SMILES string of the molecule is COc1ccc(OC)c(Nc2ncnc(Nc3ccc(I)cc3)c2N)c1. The van der Waals surface area contributed by atoms with E-state index in [1.54, 1.807) is 14.2 Å². The monoisotopic (exact) mass is 463 g/mol. The predicted octanol–water partition coefficient (Wildman–Crippen LogP) is 4.17. The molecule has 7 nitrogen and oxygen atoms in total. The van der Waals surface area contributed by atoms with Crippen molar-refractivity contribution < 1.29 is 9.47 Å². The zero-order valence-electron chi connectivity index (χ0n) is 14.3. The molecule has 3 aromatic rings. The maximum absolute atomic E-state index is 6.25. The van der Waals surface area contributed by atoms with Crippen molar-refractivity contribution in [2.75, 3.05) is 30.6 Å². The molecule has 0 amide bonds. The van der Waals surface area contributed by atoms with Crippen LogP contribution in [0.2, 0.25) is 0 Å². The molecule has 3 rings (SSSR count). The van der Waals surface area contributed by atoms with E-state index in [0.717, 1.165) is 9.26 Å². The molecule has 0 atom stereocenters. The first-order chi connectivity index (χ1) is 12.6. The number of rotatable bonds is 6. The Morgan fingerprint density at radius 1 is 0.923 bits per heavy atom. The van der Waals surface area contributed by atoms with Crippen LogP contribution in [0.3, 0.4) is 0 Å². The molecule has 4 N–H and O–H groups in total. The minimum Gasteiger partial charge on any atom is -0.497 e. The molecular weight excluding hydrogens is 445 g/mol. The molecule has 2 aromatic carbocycles. The Kier molecular flexibility index (Phi) is 5.61. The topological polar surface area (TPSA) is 94.3 Å². The lowest BCUT2D eigenvalue weighted by Gasteiger charge is -2.15. The molecule has 0 saturated heterocycles. The number of nitrogen functional groups attached to an aromatic ring is 1. The minimum atomic E-state index is 0.399. The average Bonchev–Trinajstić information content (AvgIpc) is 2.66. The lowest BCUT2D eigenvalue weighted by molar-refractivity contribution is 0.405. The number of methoxy groups -OCH3 is 2. The van der Waals surface area contributed by atoms with Crippen LogP contribution < -0.4 is 25.8 Å². The third-order valence-corrected chi connectivity index (χ3v) is 4.37. The molecule has 0 aliphatic rings. The zero-order chi connectivity index (χ0) is 18.5. The summed E-state index contributed by atoms with van der Waals surface area (Å²) in [5.74, 6) is 2.33. The summed E-state index contributed by atoms with van der Waals surface area (Å²) in [5.41, 5.74) is 8.23. The van der Waals surface area contributed by atoms with E-state index in [4.69, 9.17) is 15.2 Å². The van der Waals surface area contributed by atoms with E-state index in [9.17, 15) is 0 Å². The van der Waals surface area contributed by atoms with Crippen LogP contribution in [0.4, 0.5) is 28.7 Å². The van der Waals surface area contributed by atoms with Gasteiger partial charge in [0.2, 0.25) is 0 Å². The molecule has 0 unspecified atom stereocenters. The molecule has 0 aliphatic heterocycles. The summed E-state index contributed by atoms with van der Waals surface area (Å²) >= 11 is 2.25. The summed E-state index contributed by atoms with van der Waals surface area (Å²) in [4.78, 5) is 8.47. The van der Waals surface area contributed by atoms with Crippen molar-refractivity contribution in [3.63, 3.8) is 0 Å². The highest BCUT2D eigenvalue weighted by Crippen LogP contribution is 2.34. The van der Waals surface area contributed by atoms with Crippen molar-refractivity contribution in [3.05, 3.63) is 52.4 Å². The first-order valence-electron chi connectivity index (χ1n) is 7.73. The molecule has 26 heavy (non-hydrogen) atoms. The van der Waals surface area contributed by atoms with Crippen LogP contribution in [-0.4, -0.2) is 24.2 Å². The summed E-state index contributed by atoms with van der Waals surface area (Å²) in [6, 6.07) is 13.4. The zero-order valence-corrected chi connectivity index (χ0v) is 16.4.